The van der Waals surface area contributed by atoms with E-state index in [2.05, 4.69) is 27.6 Å². The van der Waals surface area contributed by atoms with Gasteiger partial charge in [-0.1, -0.05) is 18.2 Å². The van der Waals surface area contributed by atoms with Crippen LogP contribution in [0.3, 0.4) is 0 Å². The predicted molar refractivity (Wildman–Crippen MR) is 93.0 cm³/mol. The van der Waals surface area contributed by atoms with Crippen molar-refractivity contribution in [3.63, 3.8) is 0 Å². The monoisotopic (exact) mass is 324 g/mol. The van der Waals surface area contributed by atoms with E-state index in [0.29, 0.717) is 18.4 Å². The van der Waals surface area contributed by atoms with Gasteiger partial charge in [0.1, 0.15) is 0 Å². The van der Waals surface area contributed by atoms with E-state index in [-0.39, 0.29) is 5.91 Å². The normalized spacial score (nSPS) is 20.3. The zero-order valence-corrected chi connectivity index (χ0v) is 14.1. The molecule has 1 saturated carbocycles. The molecule has 1 atom stereocenters. The Morgan fingerprint density at radius 2 is 2.08 bits per heavy atom. The number of nitrogens with zero attached hydrogens (tertiary/aromatic N) is 2. The third kappa shape index (κ3) is 3.08. The number of aromatic amines is 1. The van der Waals surface area contributed by atoms with E-state index >= 15 is 0 Å². The standard InChI is InChI=1S/C19H24N4O/c1-23(12-15-10-18(22-21-15)13-6-7-13)19(24)17-5-3-2-4-16(17)14-8-9-20-11-14/h2-5,10,13-14,20H,6-9,11-12H2,1H3,(H,21,22)/t14-/m1/s1. The Labute approximate surface area is 142 Å². The maximum absolute atomic E-state index is 13.0. The van der Waals surface area contributed by atoms with Crippen molar-refractivity contribution in [1.29, 1.82) is 0 Å². The Morgan fingerprint density at radius 3 is 2.83 bits per heavy atom. The quantitative estimate of drug-likeness (QED) is 0.889. The molecular formula is C19H24N4O. The average Bonchev–Trinajstić information content (AvgIpc) is 3.11. The third-order valence-electron chi connectivity index (χ3n) is 5.09. The fourth-order valence-electron chi connectivity index (χ4n) is 3.55. The minimum atomic E-state index is 0.0834. The summed E-state index contributed by atoms with van der Waals surface area (Å²) in [4.78, 5) is 14.7. The Morgan fingerprint density at radius 1 is 1.25 bits per heavy atom. The van der Waals surface area contributed by atoms with E-state index in [9.17, 15) is 4.79 Å². The molecule has 1 aromatic heterocycles. The Balaban J connectivity index is 1.49. The largest absolute Gasteiger partial charge is 0.336 e. The van der Waals surface area contributed by atoms with E-state index in [0.717, 1.165) is 36.5 Å². The van der Waals surface area contributed by atoms with Gasteiger partial charge in [-0.15, -0.1) is 0 Å². The highest BCUT2D eigenvalue weighted by Crippen LogP contribution is 2.39. The lowest BCUT2D eigenvalue weighted by Crippen LogP contribution is -2.28. The average molecular weight is 324 g/mol. The molecule has 0 spiro atoms. The summed E-state index contributed by atoms with van der Waals surface area (Å²) in [5.74, 6) is 1.15. The van der Waals surface area contributed by atoms with E-state index in [1.807, 2.05) is 25.2 Å². The minimum Gasteiger partial charge on any atom is -0.336 e. The molecule has 0 radical (unpaired) electrons. The van der Waals surface area contributed by atoms with Crippen molar-refractivity contribution in [1.82, 2.24) is 20.4 Å². The molecule has 0 unspecified atom stereocenters. The fraction of sp³-hybridized carbons (Fsp3) is 0.474. The molecular weight excluding hydrogens is 300 g/mol. The smallest absolute Gasteiger partial charge is 0.254 e. The van der Waals surface area contributed by atoms with Crippen molar-refractivity contribution in [3.05, 3.63) is 52.8 Å². The summed E-state index contributed by atoms with van der Waals surface area (Å²) in [7, 11) is 1.86. The van der Waals surface area contributed by atoms with Gasteiger partial charge in [-0.25, -0.2) is 0 Å². The first-order valence-corrected chi connectivity index (χ1v) is 8.81. The van der Waals surface area contributed by atoms with Crippen molar-refractivity contribution in [2.75, 3.05) is 20.1 Å². The maximum Gasteiger partial charge on any atom is 0.254 e. The Bertz CT molecular complexity index is 728. The van der Waals surface area contributed by atoms with Crippen LogP contribution in [0, 0.1) is 0 Å². The fourth-order valence-corrected chi connectivity index (χ4v) is 3.55. The summed E-state index contributed by atoms with van der Waals surface area (Å²) in [5.41, 5.74) is 4.15. The van der Waals surface area contributed by atoms with Crippen LogP contribution in [0.5, 0.6) is 0 Å². The number of H-pyrrole nitrogens is 1. The molecule has 1 saturated heterocycles. The minimum absolute atomic E-state index is 0.0834. The van der Waals surface area contributed by atoms with Gasteiger partial charge in [-0.2, -0.15) is 5.10 Å². The number of carbonyl (C=O) groups excluding carboxylic acids is 1. The van der Waals surface area contributed by atoms with E-state index in [1.54, 1.807) is 4.90 Å². The SMILES string of the molecule is CN(Cc1cc(C2CC2)n[nH]1)C(=O)c1ccccc1[C@@H]1CCNC1. The summed E-state index contributed by atoms with van der Waals surface area (Å²) in [5, 5.41) is 10.8. The van der Waals surface area contributed by atoms with Crippen LogP contribution in [0.15, 0.2) is 30.3 Å². The molecule has 2 N–H and O–H groups in total. The van der Waals surface area contributed by atoms with Gasteiger partial charge in [0.05, 0.1) is 17.9 Å². The number of aromatic nitrogens is 2. The van der Waals surface area contributed by atoms with Crippen LogP contribution >= 0.6 is 0 Å². The molecule has 1 aliphatic carbocycles. The summed E-state index contributed by atoms with van der Waals surface area (Å²) >= 11 is 0. The molecule has 2 fully saturated rings. The molecule has 126 valence electrons. The number of nitrogens with one attached hydrogen (secondary N) is 2. The number of carbonyl (C=O) groups is 1. The van der Waals surface area contributed by atoms with Crippen LogP contribution in [-0.2, 0) is 6.54 Å². The number of amides is 1. The molecule has 0 bridgehead atoms. The summed E-state index contributed by atoms with van der Waals surface area (Å²) in [6.07, 6.45) is 3.57. The topological polar surface area (TPSA) is 61.0 Å². The van der Waals surface area contributed by atoms with Crippen molar-refractivity contribution in [2.24, 2.45) is 0 Å². The second-order valence-electron chi connectivity index (χ2n) is 7.03. The first-order chi connectivity index (χ1) is 11.7. The Kier molecular flexibility index (Phi) is 4.10. The zero-order valence-electron chi connectivity index (χ0n) is 14.1. The van der Waals surface area contributed by atoms with Gasteiger partial charge in [-0.3, -0.25) is 9.89 Å². The maximum atomic E-state index is 13.0. The molecule has 24 heavy (non-hydrogen) atoms. The predicted octanol–water partition coefficient (Wildman–Crippen LogP) is 2.64. The van der Waals surface area contributed by atoms with Gasteiger partial charge in [0.25, 0.3) is 5.91 Å². The van der Waals surface area contributed by atoms with Gasteiger partial charge < -0.3 is 10.2 Å². The lowest BCUT2D eigenvalue weighted by molar-refractivity contribution is 0.0782. The summed E-state index contributed by atoms with van der Waals surface area (Å²) < 4.78 is 0. The third-order valence-corrected chi connectivity index (χ3v) is 5.09. The Hall–Kier alpha value is -2.14. The summed E-state index contributed by atoms with van der Waals surface area (Å²) in [6, 6.07) is 10.1. The lowest BCUT2D eigenvalue weighted by Gasteiger charge is -2.20. The van der Waals surface area contributed by atoms with Crippen LogP contribution < -0.4 is 5.32 Å². The molecule has 2 aliphatic rings. The number of hydrogen-bond donors (Lipinski definition) is 2. The van der Waals surface area contributed by atoms with Crippen LogP contribution in [0.25, 0.3) is 0 Å². The molecule has 4 rings (SSSR count). The summed E-state index contributed by atoms with van der Waals surface area (Å²) in [6.45, 7) is 2.55. The van der Waals surface area contributed by atoms with Crippen LogP contribution in [0.2, 0.25) is 0 Å². The second-order valence-corrected chi connectivity index (χ2v) is 7.03. The van der Waals surface area contributed by atoms with E-state index < -0.39 is 0 Å². The van der Waals surface area contributed by atoms with Crippen LogP contribution in [-0.4, -0.2) is 41.1 Å². The van der Waals surface area contributed by atoms with Gasteiger partial charge >= 0.3 is 0 Å². The van der Waals surface area contributed by atoms with Gasteiger partial charge in [-0.05, 0) is 49.4 Å². The van der Waals surface area contributed by atoms with Crippen LogP contribution in [0.4, 0.5) is 0 Å². The van der Waals surface area contributed by atoms with E-state index in [1.165, 1.54) is 18.4 Å². The van der Waals surface area contributed by atoms with E-state index in [4.69, 9.17) is 0 Å². The van der Waals surface area contributed by atoms with Gasteiger partial charge in [0, 0.05) is 25.1 Å². The van der Waals surface area contributed by atoms with Gasteiger partial charge in [0.15, 0.2) is 0 Å². The molecule has 5 heteroatoms. The highest BCUT2D eigenvalue weighted by Gasteiger charge is 2.27. The van der Waals surface area contributed by atoms with Crippen molar-refractivity contribution < 1.29 is 4.79 Å². The highest BCUT2D eigenvalue weighted by atomic mass is 16.2. The van der Waals surface area contributed by atoms with Crippen LogP contribution in [0.1, 0.15) is 58.4 Å². The molecule has 1 aliphatic heterocycles. The van der Waals surface area contributed by atoms with Crippen molar-refractivity contribution in [3.8, 4) is 0 Å². The first-order valence-electron chi connectivity index (χ1n) is 8.81. The van der Waals surface area contributed by atoms with Gasteiger partial charge in [0.2, 0.25) is 0 Å². The second kappa shape index (κ2) is 6.40. The molecule has 1 aromatic carbocycles. The zero-order chi connectivity index (χ0) is 16.5. The molecule has 2 aromatic rings. The molecule has 2 heterocycles. The van der Waals surface area contributed by atoms with Crippen molar-refractivity contribution >= 4 is 5.91 Å². The first kappa shape index (κ1) is 15.4. The highest BCUT2D eigenvalue weighted by molar-refractivity contribution is 5.95. The molecule has 1 amide bonds. The van der Waals surface area contributed by atoms with Crippen molar-refractivity contribution in [2.45, 2.75) is 37.6 Å². The number of hydrogen-bond acceptors (Lipinski definition) is 3. The number of benzene rings is 1. The molecule has 5 nitrogen and oxygen atoms in total. The lowest BCUT2D eigenvalue weighted by atomic mass is 9.93. The number of rotatable bonds is 5.